The summed E-state index contributed by atoms with van der Waals surface area (Å²) in [4.78, 5) is 17.3. The number of carbonyl (C=O) groups excluding carboxylic acids is 1. The number of amides is 2. The SMILES string of the molecule is Cc1ccccc1NC(=O)N1CCc2c(CN3CCCC3)nn(C(C)C)c2C1. The Bertz CT molecular complexity index is 851. The van der Waals surface area contributed by atoms with Crippen molar-refractivity contribution in [2.75, 3.05) is 25.0 Å². The van der Waals surface area contributed by atoms with Gasteiger partial charge in [0.15, 0.2) is 0 Å². The van der Waals surface area contributed by atoms with Crippen molar-refractivity contribution in [2.24, 2.45) is 0 Å². The van der Waals surface area contributed by atoms with Gasteiger partial charge in [-0.15, -0.1) is 0 Å². The lowest BCUT2D eigenvalue weighted by Crippen LogP contribution is -2.39. The highest BCUT2D eigenvalue weighted by molar-refractivity contribution is 5.90. The monoisotopic (exact) mass is 381 g/mol. The first kappa shape index (κ1) is 19.0. The molecule has 2 aliphatic rings. The molecule has 0 spiro atoms. The van der Waals surface area contributed by atoms with E-state index in [1.807, 2.05) is 36.1 Å². The molecule has 2 aromatic rings. The van der Waals surface area contributed by atoms with Crippen LogP contribution in [0.15, 0.2) is 24.3 Å². The predicted octanol–water partition coefficient (Wildman–Crippen LogP) is 3.96. The third-order valence-electron chi connectivity index (χ3n) is 5.91. The van der Waals surface area contributed by atoms with E-state index in [-0.39, 0.29) is 6.03 Å². The van der Waals surface area contributed by atoms with Crippen LogP contribution in [0.5, 0.6) is 0 Å². The van der Waals surface area contributed by atoms with E-state index in [9.17, 15) is 4.79 Å². The molecule has 1 saturated heterocycles. The lowest BCUT2D eigenvalue weighted by Gasteiger charge is -2.29. The number of rotatable bonds is 4. The predicted molar refractivity (Wildman–Crippen MR) is 111 cm³/mol. The quantitative estimate of drug-likeness (QED) is 0.872. The van der Waals surface area contributed by atoms with Crippen molar-refractivity contribution < 1.29 is 4.79 Å². The maximum Gasteiger partial charge on any atom is 0.322 e. The van der Waals surface area contributed by atoms with Crippen LogP contribution in [0.25, 0.3) is 0 Å². The van der Waals surface area contributed by atoms with Gasteiger partial charge in [-0.3, -0.25) is 9.58 Å². The Morgan fingerprint density at radius 2 is 1.93 bits per heavy atom. The lowest BCUT2D eigenvalue weighted by atomic mass is 10.0. The van der Waals surface area contributed by atoms with E-state index in [2.05, 4.69) is 28.7 Å². The van der Waals surface area contributed by atoms with Crippen LogP contribution in [0.3, 0.4) is 0 Å². The molecule has 6 heteroatoms. The molecule has 2 amide bonds. The molecule has 0 aliphatic carbocycles. The Labute approximate surface area is 167 Å². The fraction of sp³-hybridized carbons (Fsp3) is 0.545. The van der Waals surface area contributed by atoms with Crippen LogP contribution in [0.2, 0.25) is 0 Å². The second kappa shape index (κ2) is 7.95. The normalized spacial score (nSPS) is 17.2. The van der Waals surface area contributed by atoms with Crippen LogP contribution in [-0.2, 0) is 19.5 Å². The summed E-state index contributed by atoms with van der Waals surface area (Å²) >= 11 is 0. The number of hydrogen-bond acceptors (Lipinski definition) is 3. The molecular formula is C22H31N5O. The summed E-state index contributed by atoms with van der Waals surface area (Å²) in [5.41, 5.74) is 5.74. The van der Waals surface area contributed by atoms with Gasteiger partial charge in [0.05, 0.1) is 17.9 Å². The van der Waals surface area contributed by atoms with E-state index in [0.717, 1.165) is 30.8 Å². The van der Waals surface area contributed by atoms with Crippen LogP contribution in [0, 0.1) is 6.92 Å². The van der Waals surface area contributed by atoms with Crippen molar-refractivity contribution in [1.29, 1.82) is 0 Å². The fourth-order valence-corrected chi connectivity index (χ4v) is 4.31. The molecule has 1 aromatic carbocycles. The minimum absolute atomic E-state index is 0.0300. The lowest BCUT2D eigenvalue weighted by molar-refractivity contribution is 0.203. The summed E-state index contributed by atoms with van der Waals surface area (Å²) in [5, 5.41) is 8.04. The van der Waals surface area contributed by atoms with Crippen molar-refractivity contribution >= 4 is 11.7 Å². The van der Waals surface area contributed by atoms with Gasteiger partial charge in [0.1, 0.15) is 0 Å². The Morgan fingerprint density at radius 1 is 1.18 bits per heavy atom. The van der Waals surface area contributed by atoms with Gasteiger partial charge in [0.2, 0.25) is 0 Å². The molecule has 0 radical (unpaired) electrons. The Morgan fingerprint density at radius 3 is 2.64 bits per heavy atom. The maximum absolute atomic E-state index is 12.9. The number of nitrogens with zero attached hydrogens (tertiary/aromatic N) is 4. The average Bonchev–Trinajstić information content (AvgIpc) is 3.31. The fourth-order valence-electron chi connectivity index (χ4n) is 4.31. The first-order valence-electron chi connectivity index (χ1n) is 10.5. The summed E-state index contributed by atoms with van der Waals surface area (Å²) < 4.78 is 2.13. The van der Waals surface area contributed by atoms with E-state index in [1.165, 1.54) is 42.9 Å². The molecule has 3 heterocycles. The summed E-state index contributed by atoms with van der Waals surface area (Å²) in [6.45, 7) is 11.0. The molecule has 0 saturated carbocycles. The molecule has 150 valence electrons. The first-order valence-corrected chi connectivity index (χ1v) is 10.5. The molecule has 0 unspecified atom stereocenters. The van der Waals surface area contributed by atoms with Gasteiger partial charge in [-0.1, -0.05) is 18.2 Å². The number of aromatic nitrogens is 2. The molecular weight excluding hydrogens is 350 g/mol. The number of likely N-dealkylation sites (tertiary alicyclic amines) is 1. The molecule has 4 rings (SSSR count). The molecule has 2 aliphatic heterocycles. The van der Waals surface area contributed by atoms with Crippen LogP contribution in [-0.4, -0.2) is 45.2 Å². The number of urea groups is 1. The van der Waals surface area contributed by atoms with Crippen molar-refractivity contribution in [1.82, 2.24) is 19.6 Å². The maximum atomic E-state index is 12.9. The van der Waals surface area contributed by atoms with E-state index in [4.69, 9.17) is 5.10 Å². The second-order valence-corrected chi connectivity index (χ2v) is 8.31. The van der Waals surface area contributed by atoms with Crippen molar-refractivity contribution in [3.05, 3.63) is 46.8 Å². The average molecular weight is 382 g/mol. The number of benzene rings is 1. The van der Waals surface area contributed by atoms with Crippen molar-refractivity contribution in [3.8, 4) is 0 Å². The molecule has 1 fully saturated rings. The summed E-state index contributed by atoms with van der Waals surface area (Å²) in [6, 6.07) is 8.17. The molecule has 0 atom stereocenters. The third kappa shape index (κ3) is 3.78. The van der Waals surface area contributed by atoms with E-state index in [1.54, 1.807) is 0 Å². The van der Waals surface area contributed by atoms with Gasteiger partial charge in [0.25, 0.3) is 0 Å². The van der Waals surface area contributed by atoms with Crippen molar-refractivity contribution in [3.63, 3.8) is 0 Å². The first-order chi connectivity index (χ1) is 13.5. The van der Waals surface area contributed by atoms with E-state index >= 15 is 0 Å². The number of nitrogens with one attached hydrogen (secondary N) is 1. The number of fused-ring (bicyclic) bond motifs is 1. The van der Waals surface area contributed by atoms with Gasteiger partial charge in [-0.2, -0.15) is 5.10 Å². The number of para-hydroxylation sites is 1. The molecule has 1 aromatic heterocycles. The highest BCUT2D eigenvalue weighted by Gasteiger charge is 2.29. The minimum Gasteiger partial charge on any atom is -0.318 e. The number of aryl methyl sites for hydroxylation is 1. The zero-order chi connectivity index (χ0) is 19.7. The van der Waals surface area contributed by atoms with Gasteiger partial charge in [-0.05, 0) is 64.8 Å². The molecule has 6 nitrogen and oxygen atoms in total. The van der Waals surface area contributed by atoms with Gasteiger partial charge in [0, 0.05) is 30.4 Å². The van der Waals surface area contributed by atoms with Crippen LogP contribution >= 0.6 is 0 Å². The minimum atomic E-state index is -0.0300. The smallest absolute Gasteiger partial charge is 0.318 e. The van der Waals surface area contributed by atoms with Gasteiger partial charge in [-0.25, -0.2) is 4.79 Å². The number of anilines is 1. The molecule has 1 N–H and O–H groups in total. The largest absolute Gasteiger partial charge is 0.322 e. The summed E-state index contributed by atoms with van der Waals surface area (Å²) in [5.74, 6) is 0. The highest BCUT2D eigenvalue weighted by atomic mass is 16.2. The Kier molecular flexibility index (Phi) is 5.40. The Balaban J connectivity index is 1.53. The topological polar surface area (TPSA) is 53.4 Å². The Hall–Kier alpha value is -2.34. The van der Waals surface area contributed by atoms with E-state index < -0.39 is 0 Å². The second-order valence-electron chi connectivity index (χ2n) is 8.31. The van der Waals surface area contributed by atoms with Gasteiger partial charge >= 0.3 is 6.03 Å². The number of hydrogen-bond donors (Lipinski definition) is 1. The summed E-state index contributed by atoms with van der Waals surface area (Å²) in [6.07, 6.45) is 3.46. The zero-order valence-corrected chi connectivity index (χ0v) is 17.2. The van der Waals surface area contributed by atoms with Crippen LogP contribution < -0.4 is 5.32 Å². The van der Waals surface area contributed by atoms with Gasteiger partial charge < -0.3 is 10.2 Å². The third-order valence-corrected chi connectivity index (χ3v) is 5.91. The van der Waals surface area contributed by atoms with E-state index in [0.29, 0.717) is 12.6 Å². The molecule has 0 bridgehead atoms. The van der Waals surface area contributed by atoms with Crippen molar-refractivity contribution in [2.45, 2.75) is 59.2 Å². The number of carbonyl (C=O) groups is 1. The standard InChI is InChI=1S/C22H31N5O/c1-16(2)27-21-15-26(22(28)23-19-9-5-4-8-17(19)3)13-10-18(21)20(24-27)14-25-11-6-7-12-25/h4-5,8-9,16H,6-7,10-15H2,1-3H3,(H,23,28). The van der Waals surface area contributed by atoms with Crippen LogP contribution in [0.4, 0.5) is 10.5 Å². The zero-order valence-electron chi connectivity index (χ0n) is 17.2. The molecule has 28 heavy (non-hydrogen) atoms. The summed E-state index contributed by atoms with van der Waals surface area (Å²) in [7, 11) is 0. The van der Waals surface area contributed by atoms with Crippen LogP contribution in [0.1, 0.15) is 55.2 Å². The highest BCUT2D eigenvalue weighted by Crippen LogP contribution is 2.27.